The van der Waals surface area contributed by atoms with Gasteiger partial charge < -0.3 is 10.8 Å². The maximum atomic E-state index is 10.9. The maximum Gasteiger partial charge on any atom is 0.320 e. The van der Waals surface area contributed by atoms with Crippen molar-refractivity contribution in [3.8, 4) is 0 Å². The van der Waals surface area contributed by atoms with E-state index in [-0.39, 0.29) is 18.7 Å². The van der Waals surface area contributed by atoms with Crippen molar-refractivity contribution in [3.05, 3.63) is 11.9 Å². The third-order valence-corrected chi connectivity index (χ3v) is 2.95. The monoisotopic (exact) mass is 262 g/mol. The number of hydrogen-bond donors (Lipinski definition) is 2. The van der Waals surface area contributed by atoms with E-state index >= 15 is 0 Å². The van der Waals surface area contributed by atoms with E-state index in [1.165, 1.54) is 10.9 Å². The summed E-state index contributed by atoms with van der Waals surface area (Å²) in [5.74, 6) is -1.16. The molecule has 1 atom stereocenters. The van der Waals surface area contributed by atoms with Crippen LogP contribution in [0.1, 0.15) is 5.69 Å². The minimum Gasteiger partial charge on any atom is -0.480 e. The summed E-state index contributed by atoms with van der Waals surface area (Å²) in [5.41, 5.74) is 5.75. The molecule has 0 saturated heterocycles. The Bertz CT molecular complexity index is 495. The molecule has 1 heterocycles. The van der Waals surface area contributed by atoms with Gasteiger partial charge in [-0.25, -0.2) is 8.42 Å². The lowest BCUT2D eigenvalue weighted by molar-refractivity contribution is -0.138. The molecule has 96 valence electrons. The predicted molar refractivity (Wildman–Crippen MR) is 59.0 cm³/mol. The Morgan fingerprint density at radius 3 is 2.82 bits per heavy atom. The largest absolute Gasteiger partial charge is 0.480 e. The van der Waals surface area contributed by atoms with E-state index < -0.39 is 21.8 Å². The van der Waals surface area contributed by atoms with Crippen LogP contribution in [-0.4, -0.2) is 52.5 Å². The molecule has 3 N–H and O–H groups in total. The van der Waals surface area contributed by atoms with Crippen LogP contribution < -0.4 is 5.73 Å². The van der Waals surface area contributed by atoms with Gasteiger partial charge in [0.15, 0.2) is 0 Å². The van der Waals surface area contributed by atoms with Gasteiger partial charge in [0.25, 0.3) is 0 Å². The molecule has 9 heteroatoms. The van der Waals surface area contributed by atoms with Crippen molar-refractivity contribution >= 4 is 15.8 Å². The Labute approximate surface area is 98.3 Å². The van der Waals surface area contributed by atoms with Gasteiger partial charge in [-0.2, -0.15) is 0 Å². The van der Waals surface area contributed by atoms with E-state index in [2.05, 4.69) is 10.3 Å². The molecule has 0 aromatic carbocycles. The van der Waals surface area contributed by atoms with Gasteiger partial charge in [0.2, 0.25) is 0 Å². The van der Waals surface area contributed by atoms with Crippen LogP contribution in [0.15, 0.2) is 6.20 Å². The number of rotatable bonds is 6. The second-order valence-electron chi connectivity index (χ2n) is 3.75. The Kier molecular flexibility index (Phi) is 4.18. The van der Waals surface area contributed by atoms with Crippen LogP contribution in [0.2, 0.25) is 0 Å². The summed E-state index contributed by atoms with van der Waals surface area (Å²) in [7, 11) is -3.06. The van der Waals surface area contributed by atoms with Gasteiger partial charge in [0, 0.05) is 18.9 Å². The number of carboxylic acid groups (broad SMARTS) is 1. The number of aryl methyl sites for hydroxylation is 1. The van der Waals surface area contributed by atoms with Crippen molar-refractivity contribution in [2.24, 2.45) is 5.73 Å². The second kappa shape index (κ2) is 5.23. The zero-order valence-electron chi connectivity index (χ0n) is 9.28. The van der Waals surface area contributed by atoms with Crippen LogP contribution in [0.5, 0.6) is 0 Å². The van der Waals surface area contributed by atoms with Crippen LogP contribution in [-0.2, 0) is 27.6 Å². The van der Waals surface area contributed by atoms with Crippen molar-refractivity contribution in [2.75, 3.05) is 12.0 Å². The first-order chi connectivity index (χ1) is 7.78. The number of carboxylic acids is 1. The molecule has 0 aliphatic rings. The van der Waals surface area contributed by atoms with Crippen molar-refractivity contribution in [2.45, 2.75) is 19.0 Å². The van der Waals surface area contributed by atoms with Crippen molar-refractivity contribution in [1.29, 1.82) is 0 Å². The maximum absolute atomic E-state index is 10.9. The second-order valence-corrected chi connectivity index (χ2v) is 6.01. The minimum atomic E-state index is -3.06. The van der Waals surface area contributed by atoms with E-state index in [1.807, 2.05) is 0 Å². The fourth-order valence-corrected chi connectivity index (χ4v) is 1.63. The number of nitrogens with zero attached hydrogens (tertiary/aromatic N) is 3. The predicted octanol–water partition coefficient (Wildman–Crippen LogP) is -1.72. The minimum absolute atomic E-state index is 0.0409. The summed E-state index contributed by atoms with van der Waals surface area (Å²) >= 11 is 0. The van der Waals surface area contributed by atoms with Crippen molar-refractivity contribution in [3.63, 3.8) is 0 Å². The molecular formula is C8H14N4O4S. The first kappa shape index (κ1) is 13.6. The lowest BCUT2D eigenvalue weighted by atomic mass is 10.2. The molecule has 1 aromatic heterocycles. The highest BCUT2D eigenvalue weighted by atomic mass is 32.2. The normalized spacial score (nSPS) is 13.5. The van der Waals surface area contributed by atoms with E-state index in [4.69, 9.17) is 10.8 Å². The van der Waals surface area contributed by atoms with Crippen LogP contribution in [0.25, 0.3) is 0 Å². The SMILES string of the molecule is CS(=O)(=O)CCn1cc(CC(N)C(=O)O)nn1. The first-order valence-corrected chi connectivity index (χ1v) is 6.89. The zero-order chi connectivity index (χ0) is 13.1. The highest BCUT2D eigenvalue weighted by molar-refractivity contribution is 7.90. The number of aromatic nitrogens is 3. The third kappa shape index (κ3) is 4.91. The molecular weight excluding hydrogens is 248 g/mol. The van der Waals surface area contributed by atoms with Crippen LogP contribution in [0.4, 0.5) is 0 Å². The van der Waals surface area contributed by atoms with Gasteiger partial charge in [-0.3, -0.25) is 9.48 Å². The summed E-state index contributed by atoms with van der Waals surface area (Å²) in [6.07, 6.45) is 2.69. The topological polar surface area (TPSA) is 128 Å². The number of carbonyl (C=O) groups is 1. The molecule has 0 aliphatic carbocycles. The Hall–Kier alpha value is -1.48. The molecule has 0 spiro atoms. The van der Waals surface area contributed by atoms with Gasteiger partial charge in [-0.1, -0.05) is 5.21 Å². The average Bonchev–Trinajstić information content (AvgIpc) is 2.61. The van der Waals surface area contributed by atoms with Crippen LogP contribution >= 0.6 is 0 Å². The van der Waals surface area contributed by atoms with Gasteiger partial charge in [0.05, 0.1) is 18.0 Å². The molecule has 8 nitrogen and oxygen atoms in total. The zero-order valence-corrected chi connectivity index (χ0v) is 10.1. The molecule has 1 unspecified atom stereocenters. The van der Waals surface area contributed by atoms with Gasteiger partial charge in [-0.05, 0) is 0 Å². The van der Waals surface area contributed by atoms with Crippen LogP contribution in [0, 0.1) is 0 Å². The van der Waals surface area contributed by atoms with Gasteiger partial charge in [0.1, 0.15) is 15.9 Å². The van der Waals surface area contributed by atoms with E-state index in [1.54, 1.807) is 0 Å². The molecule has 1 rings (SSSR count). The summed E-state index contributed by atoms with van der Waals surface area (Å²) in [6.45, 7) is 0.189. The lowest BCUT2D eigenvalue weighted by Crippen LogP contribution is -2.32. The summed E-state index contributed by atoms with van der Waals surface area (Å²) in [4.78, 5) is 10.5. The fourth-order valence-electron chi connectivity index (χ4n) is 1.11. The molecule has 0 amide bonds. The van der Waals surface area contributed by atoms with E-state index in [0.29, 0.717) is 5.69 Å². The standard InChI is InChI=1S/C8H14N4O4S/c1-17(15,16)3-2-12-5-6(10-11-12)4-7(9)8(13)14/h5,7H,2-4,9H2,1H3,(H,13,14). The molecule has 17 heavy (non-hydrogen) atoms. The number of aliphatic carboxylic acids is 1. The Balaban J connectivity index is 2.57. The van der Waals surface area contributed by atoms with Crippen molar-refractivity contribution < 1.29 is 18.3 Å². The highest BCUT2D eigenvalue weighted by Crippen LogP contribution is 1.98. The quantitative estimate of drug-likeness (QED) is 0.623. The van der Waals surface area contributed by atoms with Crippen molar-refractivity contribution in [1.82, 2.24) is 15.0 Å². The smallest absolute Gasteiger partial charge is 0.320 e. The molecule has 0 radical (unpaired) electrons. The molecule has 0 saturated carbocycles. The van der Waals surface area contributed by atoms with E-state index in [0.717, 1.165) is 6.26 Å². The lowest BCUT2D eigenvalue weighted by Gasteiger charge is -2.01. The molecule has 1 aromatic rings. The summed E-state index contributed by atoms with van der Waals surface area (Å²) < 4.78 is 23.2. The first-order valence-electron chi connectivity index (χ1n) is 4.83. The van der Waals surface area contributed by atoms with Gasteiger partial charge >= 0.3 is 5.97 Å². The van der Waals surface area contributed by atoms with Gasteiger partial charge in [-0.15, -0.1) is 5.10 Å². The summed E-state index contributed by atoms with van der Waals surface area (Å²) in [5, 5.41) is 16.0. The number of hydrogen-bond acceptors (Lipinski definition) is 6. The molecule has 0 aliphatic heterocycles. The summed E-state index contributed by atoms with van der Waals surface area (Å²) in [6, 6.07) is -1.03. The third-order valence-electron chi connectivity index (χ3n) is 2.02. The average molecular weight is 262 g/mol. The fraction of sp³-hybridized carbons (Fsp3) is 0.625. The number of nitrogens with two attached hydrogens (primary N) is 1. The Morgan fingerprint density at radius 2 is 2.29 bits per heavy atom. The molecule has 0 fully saturated rings. The van der Waals surface area contributed by atoms with E-state index in [9.17, 15) is 13.2 Å². The number of sulfone groups is 1. The molecule has 0 bridgehead atoms. The Morgan fingerprint density at radius 1 is 1.65 bits per heavy atom. The highest BCUT2D eigenvalue weighted by Gasteiger charge is 2.14. The van der Waals surface area contributed by atoms with Crippen LogP contribution in [0.3, 0.4) is 0 Å².